The van der Waals surface area contributed by atoms with Crippen molar-refractivity contribution in [2.45, 2.75) is 18.7 Å². The average molecular weight is 489 g/mol. The Hall–Kier alpha value is -3.44. The lowest BCUT2D eigenvalue weighted by atomic mass is 10.1. The fourth-order valence-electron chi connectivity index (χ4n) is 2.97. The van der Waals surface area contributed by atoms with Gasteiger partial charge in [-0.25, -0.2) is 16.8 Å². The van der Waals surface area contributed by atoms with Gasteiger partial charge in [0.15, 0.2) is 0 Å². The monoisotopic (exact) mass is 488 g/mol. The van der Waals surface area contributed by atoms with Crippen molar-refractivity contribution in [2.24, 2.45) is 0 Å². The Morgan fingerprint density at radius 3 is 2.21 bits per heavy atom. The normalized spacial score (nSPS) is 11.6. The Labute approximate surface area is 193 Å². The van der Waals surface area contributed by atoms with Gasteiger partial charge in [0.25, 0.3) is 10.0 Å². The summed E-state index contributed by atoms with van der Waals surface area (Å²) in [5, 5.41) is 2.60. The third kappa shape index (κ3) is 6.30. The first-order chi connectivity index (χ1) is 15.5. The summed E-state index contributed by atoms with van der Waals surface area (Å²) in [6.07, 6.45) is 3.94. The SMILES string of the molecule is Cc1ccc(N(CC(=O)Nc2ccc(S(=O)(=O)Nc3cccnc3)cc2)S(C)(=O)=O)cc1C. The van der Waals surface area contributed by atoms with Gasteiger partial charge in [0.05, 0.1) is 28.7 Å². The summed E-state index contributed by atoms with van der Waals surface area (Å²) in [4.78, 5) is 16.4. The zero-order valence-electron chi connectivity index (χ0n) is 18.3. The largest absolute Gasteiger partial charge is 0.325 e. The molecule has 1 aromatic heterocycles. The van der Waals surface area contributed by atoms with Gasteiger partial charge >= 0.3 is 0 Å². The van der Waals surface area contributed by atoms with E-state index in [-0.39, 0.29) is 4.90 Å². The van der Waals surface area contributed by atoms with Gasteiger partial charge in [-0.15, -0.1) is 0 Å². The third-order valence-corrected chi connectivity index (χ3v) is 7.37. The van der Waals surface area contributed by atoms with Crippen LogP contribution in [0.2, 0.25) is 0 Å². The number of sulfonamides is 2. The van der Waals surface area contributed by atoms with Crippen LogP contribution in [0, 0.1) is 13.8 Å². The minimum absolute atomic E-state index is 0.00255. The maximum atomic E-state index is 12.6. The number of carbonyl (C=O) groups is 1. The molecule has 33 heavy (non-hydrogen) atoms. The van der Waals surface area contributed by atoms with Gasteiger partial charge < -0.3 is 5.32 Å². The molecular formula is C22H24N4O5S2. The van der Waals surface area contributed by atoms with E-state index in [1.807, 2.05) is 13.8 Å². The van der Waals surface area contributed by atoms with Crippen LogP contribution in [0.5, 0.6) is 0 Å². The number of rotatable bonds is 8. The van der Waals surface area contributed by atoms with E-state index in [4.69, 9.17) is 0 Å². The Balaban J connectivity index is 1.72. The van der Waals surface area contributed by atoms with Gasteiger partial charge in [0, 0.05) is 11.9 Å². The lowest BCUT2D eigenvalue weighted by Crippen LogP contribution is -2.37. The van der Waals surface area contributed by atoms with Crippen molar-refractivity contribution >= 4 is 43.0 Å². The van der Waals surface area contributed by atoms with Gasteiger partial charge in [-0.3, -0.25) is 18.8 Å². The summed E-state index contributed by atoms with van der Waals surface area (Å²) in [5.41, 5.74) is 2.94. The molecule has 0 saturated heterocycles. The first kappa shape index (κ1) is 24.2. The molecule has 3 aromatic rings. The smallest absolute Gasteiger partial charge is 0.261 e. The van der Waals surface area contributed by atoms with E-state index >= 15 is 0 Å². The Kier molecular flexibility index (Phi) is 7.04. The summed E-state index contributed by atoms with van der Waals surface area (Å²) in [6, 6.07) is 13.9. The van der Waals surface area contributed by atoms with E-state index in [1.54, 1.807) is 30.3 Å². The van der Waals surface area contributed by atoms with Gasteiger partial charge in [-0.2, -0.15) is 0 Å². The van der Waals surface area contributed by atoms with E-state index in [1.165, 1.54) is 36.7 Å². The van der Waals surface area contributed by atoms with Crippen molar-refractivity contribution in [1.82, 2.24) is 4.98 Å². The zero-order chi connectivity index (χ0) is 24.2. The molecule has 3 rings (SSSR count). The molecule has 0 radical (unpaired) electrons. The van der Waals surface area contributed by atoms with E-state index in [0.29, 0.717) is 17.1 Å². The van der Waals surface area contributed by atoms with Crippen molar-refractivity contribution < 1.29 is 21.6 Å². The number of nitrogens with one attached hydrogen (secondary N) is 2. The Morgan fingerprint density at radius 2 is 1.64 bits per heavy atom. The highest BCUT2D eigenvalue weighted by molar-refractivity contribution is 7.92. The lowest BCUT2D eigenvalue weighted by Gasteiger charge is -2.22. The summed E-state index contributed by atoms with van der Waals surface area (Å²) in [7, 11) is -7.54. The molecule has 1 amide bonds. The van der Waals surface area contributed by atoms with Gasteiger partial charge in [0.2, 0.25) is 15.9 Å². The molecule has 1 heterocycles. The number of anilines is 3. The number of aryl methyl sites for hydroxylation is 2. The van der Waals surface area contributed by atoms with Crippen LogP contribution in [0.15, 0.2) is 71.9 Å². The van der Waals surface area contributed by atoms with Crippen LogP contribution in [0.25, 0.3) is 0 Å². The lowest BCUT2D eigenvalue weighted by molar-refractivity contribution is -0.114. The fourth-order valence-corrected chi connectivity index (χ4v) is 4.86. The molecule has 0 aliphatic rings. The summed E-state index contributed by atoms with van der Waals surface area (Å²) in [5.74, 6) is -0.567. The minimum Gasteiger partial charge on any atom is -0.325 e. The van der Waals surface area contributed by atoms with Crippen LogP contribution < -0.4 is 14.3 Å². The van der Waals surface area contributed by atoms with Crippen LogP contribution in [-0.4, -0.2) is 40.5 Å². The zero-order valence-corrected chi connectivity index (χ0v) is 19.9. The van der Waals surface area contributed by atoms with E-state index in [2.05, 4.69) is 15.0 Å². The van der Waals surface area contributed by atoms with Crippen LogP contribution in [0.3, 0.4) is 0 Å². The molecule has 0 bridgehead atoms. The molecule has 174 valence electrons. The Morgan fingerprint density at radius 1 is 0.939 bits per heavy atom. The number of hydrogen-bond donors (Lipinski definition) is 2. The molecule has 0 aliphatic carbocycles. The summed E-state index contributed by atoms with van der Waals surface area (Å²) in [6.45, 7) is 3.34. The number of aromatic nitrogens is 1. The molecule has 0 fully saturated rings. The second kappa shape index (κ2) is 9.59. The van der Waals surface area contributed by atoms with Crippen molar-refractivity contribution in [2.75, 3.05) is 27.1 Å². The highest BCUT2D eigenvalue weighted by atomic mass is 32.2. The average Bonchev–Trinajstić information content (AvgIpc) is 2.74. The van der Waals surface area contributed by atoms with Crippen LogP contribution >= 0.6 is 0 Å². The van der Waals surface area contributed by atoms with Gasteiger partial charge in [-0.05, 0) is 73.5 Å². The molecule has 0 aliphatic heterocycles. The first-order valence-corrected chi connectivity index (χ1v) is 13.2. The molecule has 0 unspecified atom stereocenters. The number of benzene rings is 2. The summed E-state index contributed by atoms with van der Waals surface area (Å²) < 4.78 is 53.0. The molecule has 2 aromatic carbocycles. The van der Waals surface area contributed by atoms with Crippen LogP contribution in [0.1, 0.15) is 11.1 Å². The van der Waals surface area contributed by atoms with Gasteiger partial charge in [0.1, 0.15) is 6.54 Å². The second-order valence-electron chi connectivity index (χ2n) is 7.46. The highest BCUT2D eigenvalue weighted by Gasteiger charge is 2.21. The molecule has 9 nitrogen and oxygen atoms in total. The molecule has 2 N–H and O–H groups in total. The second-order valence-corrected chi connectivity index (χ2v) is 11.0. The van der Waals surface area contributed by atoms with E-state index in [9.17, 15) is 21.6 Å². The van der Waals surface area contributed by atoms with E-state index < -0.39 is 32.5 Å². The molecule has 0 atom stereocenters. The van der Waals surface area contributed by atoms with Crippen molar-refractivity contribution in [3.05, 3.63) is 78.1 Å². The van der Waals surface area contributed by atoms with Gasteiger partial charge in [-0.1, -0.05) is 6.07 Å². The van der Waals surface area contributed by atoms with Crippen molar-refractivity contribution in [3.8, 4) is 0 Å². The standard InChI is InChI=1S/C22H24N4O5S2/c1-16-6-9-20(13-17(16)2)26(32(3,28)29)15-22(27)24-18-7-10-21(11-8-18)33(30,31)25-19-5-4-12-23-14-19/h4-14,25H,15H2,1-3H3,(H,24,27). The van der Waals surface area contributed by atoms with Crippen LogP contribution in [-0.2, 0) is 24.8 Å². The molecule has 11 heteroatoms. The van der Waals surface area contributed by atoms with E-state index in [0.717, 1.165) is 21.7 Å². The number of amides is 1. The predicted octanol–water partition coefficient (Wildman–Crippen LogP) is 2.90. The van der Waals surface area contributed by atoms with Crippen molar-refractivity contribution in [1.29, 1.82) is 0 Å². The maximum absolute atomic E-state index is 12.6. The fraction of sp³-hybridized carbons (Fsp3) is 0.182. The number of hydrogen-bond acceptors (Lipinski definition) is 6. The minimum atomic E-state index is -3.83. The number of carbonyl (C=O) groups excluding carboxylic acids is 1. The first-order valence-electron chi connectivity index (χ1n) is 9.83. The quantitative estimate of drug-likeness (QED) is 0.502. The Bertz CT molecular complexity index is 1360. The molecule has 0 saturated carbocycles. The summed E-state index contributed by atoms with van der Waals surface area (Å²) >= 11 is 0. The highest BCUT2D eigenvalue weighted by Crippen LogP contribution is 2.22. The van der Waals surface area contributed by atoms with Crippen molar-refractivity contribution in [3.63, 3.8) is 0 Å². The number of pyridine rings is 1. The molecule has 0 spiro atoms. The topological polar surface area (TPSA) is 126 Å². The maximum Gasteiger partial charge on any atom is 0.261 e. The third-order valence-electron chi connectivity index (χ3n) is 4.83. The predicted molar refractivity (Wildman–Crippen MR) is 128 cm³/mol. The van der Waals surface area contributed by atoms with Crippen LogP contribution in [0.4, 0.5) is 17.1 Å². The number of nitrogens with zero attached hydrogens (tertiary/aromatic N) is 2. The molecular weight excluding hydrogens is 464 g/mol.